The number of carboxylic acids is 1. The molecule has 1 N–H and O–H groups in total. The van der Waals surface area contributed by atoms with E-state index >= 15 is 0 Å². The van der Waals surface area contributed by atoms with E-state index < -0.39 is 23.7 Å². The van der Waals surface area contributed by atoms with Crippen molar-refractivity contribution in [3.05, 3.63) is 35.6 Å². The van der Waals surface area contributed by atoms with Crippen molar-refractivity contribution in [3.8, 4) is 0 Å². The van der Waals surface area contributed by atoms with Gasteiger partial charge in [-0.3, -0.25) is 4.79 Å². The lowest BCUT2D eigenvalue weighted by atomic mass is 10.0. The number of aliphatic carboxylic acids is 1. The van der Waals surface area contributed by atoms with Crippen LogP contribution in [0.5, 0.6) is 0 Å². The van der Waals surface area contributed by atoms with Crippen LogP contribution in [-0.2, 0) is 4.79 Å². The van der Waals surface area contributed by atoms with E-state index in [1.165, 1.54) is 23.1 Å². The summed E-state index contributed by atoms with van der Waals surface area (Å²) in [6.07, 6.45) is 2.03. The molecule has 1 aromatic carbocycles. The van der Waals surface area contributed by atoms with Gasteiger partial charge in [-0.05, 0) is 37.5 Å². The molecule has 2 rings (SSSR count). The minimum absolute atomic E-state index is 0.197. The van der Waals surface area contributed by atoms with Gasteiger partial charge in [0.25, 0.3) is 5.91 Å². The summed E-state index contributed by atoms with van der Waals surface area (Å²) in [4.78, 5) is 24.6. The average molecular weight is 251 g/mol. The van der Waals surface area contributed by atoms with E-state index in [2.05, 4.69) is 0 Å². The van der Waals surface area contributed by atoms with E-state index in [1.807, 2.05) is 0 Å². The molecule has 1 heterocycles. The zero-order valence-electron chi connectivity index (χ0n) is 9.80. The lowest BCUT2D eigenvalue weighted by molar-refractivity contribution is -0.143. The molecular weight excluding hydrogens is 237 g/mol. The highest BCUT2D eigenvalue weighted by atomic mass is 19.1. The molecule has 0 spiro atoms. The molecule has 1 atom stereocenters. The van der Waals surface area contributed by atoms with Crippen molar-refractivity contribution in [2.24, 2.45) is 0 Å². The Hall–Kier alpha value is -1.91. The van der Waals surface area contributed by atoms with Gasteiger partial charge in [0, 0.05) is 12.1 Å². The molecule has 1 amide bonds. The van der Waals surface area contributed by atoms with Gasteiger partial charge in [-0.1, -0.05) is 6.07 Å². The molecule has 0 radical (unpaired) electrons. The largest absolute Gasteiger partial charge is 0.480 e. The van der Waals surface area contributed by atoms with E-state index in [0.717, 1.165) is 18.9 Å². The van der Waals surface area contributed by atoms with Crippen LogP contribution >= 0.6 is 0 Å². The number of likely N-dealkylation sites (tertiary alicyclic amines) is 1. The Morgan fingerprint density at radius 1 is 1.33 bits per heavy atom. The van der Waals surface area contributed by atoms with Crippen LogP contribution in [0.1, 0.15) is 29.6 Å². The topological polar surface area (TPSA) is 57.6 Å². The summed E-state index contributed by atoms with van der Waals surface area (Å²) >= 11 is 0. The fourth-order valence-corrected chi connectivity index (χ4v) is 2.22. The fraction of sp³-hybridized carbons (Fsp3) is 0.385. The number of hydrogen-bond donors (Lipinski definition) is 1. The zero-order valence-corrected chi connectivity index (χ0v) is 9.80. The summed E-state index contributed by atoms with van der Waals surface area (Å²) < 4.78 is 13.1. The van der Waals surface area contributed by atoms with Crippen molar-refractivity contribution < 1.29 is 19.1 Å². The molecule has 1 aliphatic heterocycles. The second-order valence-corrected chi connectivity index (χ2v) is 4.36. The highest BCUT2D eigenvalue weighted by molar-refractivity contribution is 5.96. The third kappa shape index (κ3) is 2.50. The van der Waals surface area contributed by atoms with Crippen LogP contribution in [-0.4, -0.2) is 34.5 Å². The number of carbonyl (C=O) groups is 2. The molecule has 5 heteroatoms. The van der Waals surface area contributed by atoms with E-state index in [0.29, 0.717) is 13.0 Å². The monoisotopic (exact) mass is 251 g/mol. The summed E-state index contributed by atoms with van der Waals surface area (Å²) in [5.74, 6) is -1.91. The highest BCUT2D eigenvalue weighted by Gasteiger charge is 2.32. The molecule has 1 saturated heterocycles. The first kappa shape index (κ1) is 12.5. The number of benzene rings is 1. The van der Waals surface area contributed by atoms with Crippen LogP contribution in [0.25, 0.3) is 0 Å². The average Bonchev–Trinajstić information content (AvgIpc) is 2.38. The Kier molecular flexibility index (Phi) is 3.60. The molecule has 0 saturated carbocycles. The molecule has 96 valence electrons. The van der Waals surface area contributed by atoms with Gasteiger partial charge in [0.05, 0.1) is 0 Å². The Balaban J connectivity index is 2.23. The molecule has 1 unspecified atom stereocenters. The summed E-state index contributed by atoms with van der Waals surface area (Å²) in [6, 6.07) is 4.54. The molecule has 0 bridgehead atoms. The number of carboxylic acid groups (broad SMARTS) is 1. The van der Waals surface area contributed by atoms with Gasteiger partial charge in [0.1, 0.15) is 11.9 Å². The summed E-state index contributed by atoms with van der Waals surface area (Å²) in [6.45, 7) is 0.409. The lowest BCUT2D eigenvalue weighted by Gasteiger charge is -2.33. The van der Waals surface area contributed by atoms with Gasteiger partial charge in [0.15, 0.2) is 0 Å². The summed E-state index contributed by atoms with van der Waals surface area (Å²) in [7, 11) is 0. The van der Waals surface area contributed by atoms with Gasteiger partial charge in [0.2, 0.25) is 0 Å². The lowest BCUT2D eigenvalue weighted by Crippen LogP contribution is -2.48. The van der Waals surface area contributed by atoms with Gasteiger partial charge in [-0.15, -0.1) is 0 Å². The maximum absolute atomic E-state index is 13.1. The molecule has 0 aliphatic carbocycles. The first-order chi connectivity index (χ1) is 8.59. The summed E-state index contributed by atoms with van der Waals surface area (Å²) in [5, 5.41) is 9.09. The third-order valence-corrected chi connectivity index (χ3v) is 3.12. The van der Waals surface area contributed by atoms with Crippen LogP contribution in [0.3, 0.4) is 0 Å². The van der Waals surface area contributed by atoms with Crippen molar-refractivity contribution in [3.63, 3.8) is 0 Å². The number of amides is 1. The Morgan fingerprint density at radius 3 is 2.78 bits per heavy atom. The Labute approximate surface area is 104 Å². The molecule has 18 heavy (non-hydrogen) atoms. The quantitative estimate of drug-likeness (QED) is 0.873. The first-order valence-corrected chi connectivity index (χ1v) is 5.89. The van der Waals surface area contributed by atoms with Crippen LogP contribution in [0.2, 0.25) is 0 Å². The highest BCUT2D eigenvalue weighted by Crippen LogP contribution is 2.20. The van der Waals surface area contributed by atoms with Crippen molar-refractivity contribution in [1.82, 2.24) is 4.90 Å². The predicted octanol–water partition coefficient (Wildman–Crippen LogP) is 1.91. The Bertz CT molecular complexity index is 475. The second kappa shape index (κ2) is 5.16. The maximum atomic E-state index is 13.1. The number of carbonyl (C=O) groups excluding carboxylic acids is 1. The molecule has 0 aromatic heterocycles. The van der Waals surface area contributed by atoms with Crippen LogP contribution in [0, 0.1) is 5.82 Å². The van der Waals surface area contributed by atoms with Crippen molar-refractivity contribution >= 4 is 11.9 Å². The number of halogens is 1. The van der Waals surface area contributed by atoms with Gasteiger partial charge >= 0.3 is 5.97 Å². The van der Waals surface area contributed by atoms with E-state index in [-0.39, 0.29) is 5.56 Å². The zero-order chi connectivity index (χ0) is 13.1. The molecular formula is C13H14FNO3. The number of nitrogens with zero attached hydrogens (tertiary/aromatic N) is 1. The normalized spacial score (nSPS) is 19.6. The molecule has 4 nitrogen and oxygen atoms in total. The molecule has 1 fully saturated rings. The smallest absolute Gasteiger partial charge is 0.326 e. The number of rotatable bonds is 2. The van der Waals surface area contributed by atoms with Gasteiger partial charge in [-0.2, -0.15) is 0 Å². The minimum Gasteiger partial charge on any atom is -0.480 e. The van der Waals surface area contributed by atoms with Crippen LogP contribution in [0.15, 0.2) is 24.3 Å². The summed E-state index contributed by atoms with van der Waals surface area (Å²) in [5.41, 5.74) is 0.197. The molecule has 1 aliphatic rings. The van der Waals surface area contributed by atoms with Crippen LogP contribution in [0.4, 0.5) is 4.39 Å². The number of piperidine rings is 1. The third-order valence-electron chi connectivity index (χ3n) is 3.12. The fourth-order valence-electron chi connectivity index (χ4n) is 2.22. The van der Waals surface area contributed by atoms with Gasteiger partial charge < -0.3 is 10.0 Å². The van der Waals surface area contributed by atoms with Crippen molar-refractivity contribution in [2.75, 3.05) is 6.54 Å². The minimum atomic E-state index is -1.00. The van der Waals surface area contributed by atoms with E-state index in [4.69, 9.17) is 5.11 Å². The van der Waals surface area contributed by atoms with E-state index in [9.17, 15) is 14.0 Å². The Morgan fingerprint density at radius 2 is 2.11 bits per heavy atom. The number of hydrogen-bond acceptors (Lipinski definition) is 2. The van der Waals surface area contributed by atoms with Crippen LogP contribution < -0.4 is 0 Å². The van der Waals surface area contributed by atoms with Crippen molar-refractivity contribution in [1.29, 1.82) is 0 Å². The SMILES string of the molecule is O=C(O)C1CCCCN1C(=O)c1cccc(F)c1. The maximum Gasteiger partial charge on any atom is 0.326 e. The van der Waals surface area contributed by atoms with Gasteiger partial charge in [-0.25, -0.2) is 9.18 Å². The van der Waals surface area contributed by atoms with E-state index in [1.54, 1.807) is 0 Å². The standard InChI is InChI=1S/C13H14FNO3/c14-10-5-3-4-9(8-10)12(16)15-7-2-1-6-11(15)13(17)18/h3-5,8,11H,1-2,6-7H2,(H,17,18). The predicted molar refractivity (Wildman–Crippen MR) is 62.7 cm³/mol. The second-order valence-electron chi connectivity index (χ2n) is 4.36. The molecule has 1 aromatic rings. The van der Waals surface area contributed by atoms with Crippen molar-refractivity contribution in [2.45, 2.75) is 25.3 Å². The first-order valence-electron chi connectivity index (χ1n) is 5.89.